The van der Waals surface area contributed by atoms with Crippen molar-refractivity contribution in [3.8, 4) is 5.69 Å². The van der Waals surface area contributed by atoms with E-state index >= 15 is 0 Å². The van der Waals surface area contributed by atoms with E-state index in [1.807, 2.05) is 44.2 Å². The molecular weight excluding hydrogens is 422 g/mol. The Labute approximate surface area is 189 Å². The van der Waals surface area contributed by atoms with Gasteiger partial charge >= 0.3 is 5.69 Å². The molecule has 0 bridgehead atoms. The second-order valence-corrected chi connectivity index (χ2v) is 8.84. The number of para-hydroxylation sites is 1. The summed E-state index contributed by atoms with van der Waals surface area (Å²) in [6, 6.07) is 19.0. The van der Waals surface area contributed by atoms with E-state index in [4.69, 9.17) is 0 Å². The van der Waals surface area contributed by atoms with Gasteiger partial charge in [-0.1, -0.05) is 48.5 Å². The summed E-state index contributed by atoms with van der Waals surface area (Å²) in [7, 11) is 0. The van der Waals surface area contributed by atoms with Gasteiger partial charge in [-0.3, -0.25) is 14.2 Å². The Hall–Kier alpha value is -3.45. The van der Waals surface area contributed by atoms with Crippen LogP contribution in [0.2, 0.25) is 0 Å². The number of hydrogen-bond acceptors (Lipinski definition) is 4. The van der Waals surface area contributed by atoms with Gasteiger partial charge in [-0.15, -0.1) is 11.3 Å². The molecule has 4 rings (SSSR count). The standard InChI is InChI=1S/C25H25N3O3S/c1-17-8-6-7-11-20(17)28-24(30)23-21(14-15-32-23)27(25(28)31)16-22(29)26-18(2)12-13-19-9-4-3-5-10-19/h3-11,14-15,18H,12-13,16H2,1-2H3,(H,26,29)/t18-/m0/s1. The topological polar surface area (TPSA) is 73.1 Å². The number of hydrogen-bond donors (Lipinski definition) is 1. The summed E-state index contributed by atoms with van der Waals surface area (Å²) in [6.45, 7) is 3.66. The highest BCUT2D eigenvalue weighted by molar-refractivity contribution is 7.17. The molecule has 1 atom stereocenters. The monoisotopic (exact) mass is 447 g/mol. The summed E-state index contributed by atoms with van der Waals surface area (Å²) in [6.07, 6.45) is 1.65. The fourth-order valence-corrected chi connectivity index (χ4v) is 4.66. The molecule has 32 heavy (non-hydrogen) atoms. The van der Waals surface area contributed by atoms with Gasteiger partial charge in [-0.2, -0.15) is 0 Å². The Bertz CT molecular complexity index is 1370. The van der Waals surface area contributed by atoms with E-state index in [-0.39, 0.29) is 24.1 Å². The highest BCUT2D eigenvalue weighted by Crippen LogP contribution is 2.17. The molecule has 4 aromatic rings. The predicted octanol–water partition coefficient (Wildman–Crippen LogP) is 3.66. The highest BCUT2D eigenvalue weighted by atomic mass is 32.1. The van der Waals surface area contributed by atoms with Crippen molar-refractivity contribution in [2.24, 2.45) is 0 Å². The van der Waals surface area contributed by atoms with Crippen LogP contribution in [-0.4, -0.2) is 21.1 Å². The van der Waals surface area contributed by atoms with E-state index in [0.29, 0.717) is 15.9 Å². The molecule has 7 heteroatoms. The summed E-state index contributed by atoms with van der Waals surface area (Å²) in [5.74, 6) is -0.254. The fourth-order valence-electron chi connectivity index (χ4n) is 3.83. The summed E-state index contributed by atoms with van der Waals surface area (Å²) < 4.78 is 3.01. The maximum absolute atomic E-state index is 13.3. The van der Waals surface area contributed by atoms with E-state index in [1.54, 1.807) is 23.6 Å². The Morgan fingerprint density at radius 3 is 2.50 bits per heavy atom. The van der Waals surface area contributed by atoms with Crippen LogP contribution in [0.3, 0.4) is 0 Å². The zero-order valence-electron chi connectivity index (χ0n) is 18.1. The zero-order chi connectivity index (χ0) is 22.7. The average Bonchev–Trinajstić information content (AvgIpc) is 3.27. The third-order valence-corrected chi connectivity index (χ3v) is 6.42. The van der Waals surface area contributed by atoms with Crippen molar-refractivity contribution < 1.29 is 4.79 Å². The average molecular weight is 448 g/mol. The van der Waals surface area contributed by atoms with E-state index in [2.05, 4.69) is 17.4 Å². The van der Waals surface area contributed by atoms with Crippen LogP contribution in [0.25, 0.3) is 15.9 Å². The number of nitrogens with zero attached hydrogens (tertiary/aromatic N) is 2. The number of thiophene rings is 1. The quantitative estimate of drug-likeness (QED) is 0.470. The van der Waals surface area contributed by atoms with Gasteiger partial charge in [0, 0.05) is 6.04 Å². The number of rotatable bonds is 7. The first-order valence-electron chi connectivity index (χ1n) is 10.6. The second kappa shape index (κ2) is 9.36. The number of aromatic nitrogens is 2. The largest absolute Gasteiger partial charge is 0.352 e. The Morgan fingerprint density at radius 1 is 1.03 bits per heavy atom. The van der Waals surface area contributed by atoms with Crippen LogP contribution in [0.4, 0.5) is 0 Å². The number of nitrogens with one attached hydrogen (secondary N) is 1. The molecule has 164 valence electrons. The molecule has 6 nitrogen and oxygen atoms in total. The van der Waals surface area contributed by atoms with Crippen molar-refractivity contribution in [3.63, 3.8) is 0 Å². The lowest BCUT2D eigenvalue weighted by Crippen LogP contribution is -2.43. The summed E-state index contributed by atoms with van der Waals surface area (Å²) in [4.78, 5) is 39.2. The molecule has 2 aromatic carbocycles. The van der Waals surface area contributed by atoms with E-state index in [1.165, 1.54) is 26.0 Å². The van der Waals surface area contributed by atoms with Gasteiger partial charge in [0.15, 0.2) is 0 Å². The number of fused-ring (bicyclic) bond motifs is 1. The molecule has 1 N–H and O–H groups in total. The van der Waals surface area contributed by atoms with E-state index in [0.717, 1.165) is 18.4 Å². The number of carbonyl (C=O) groups is 1. The van der Waals surface area contributed by atoms with Crippen molar-refractivity contribution in [3.05, 3.63) is 98.0 Å². The van der Waals surface area contributed by atoms with Crippen LogP contribution < -0.4 is 16.6 Å². The molecule has 2 heterocycles. The Morgan fingerprint density at radius 2 is 1.75 bits per heavy atom. The first-order chi connectivity index (χ1) is 15.5. The number of benzene rings is 2. The van der Waals surface area contributed by atoms with Crippen LogP contribution in [0.5, 0.6) is 0 Å². The van der Waals surface area contributed by atoms with Crippen LogP contribution in [0, 0.1) is 6.92 Å². The fraction of sp³-hybridized carbons (Fsp3) is 0.240. The first kappa shape index (κ1) is 21.8. The molecule has 1 amide bonds. The molecule has 0 radical (unpaired) electrons. The SMILES string of the molecule is Cc1ccccc1-n1c(=O)c2sccc2n(CC(=O)N[C@@H](C)CCc2ccccc2)c1=O. The number of amides is 1. The summed E-state index contributed by atoms with van der Waals surface area (Å²) in [5, 5.41) is 4.75. The van der Waals surface area contributed by atoms with Crippen molar-refractivity contribution >= 4 is 27.5 Å². The molecular formula is C25H25N3O3S. The molecule has 0 spiro atoms. The predicted molar refractivity (Wildman–Crippen MR) is 129 cm³/mol. The molecule has 0 aliphatic rings. The highest BCUT2D eigenvalue weighted by Gasteiger charge is 2.19. The van der Waals surface area contributed by atoms with Gasteiger partial charge in [-0.25, -0.2) is 9.36 Å². The lowest BCUT2D eigenvalue weighted by molar-refractivity contribution is -0.122. The van der Waals surface area contributed by atoms with Crippen LogP contribution in [0.1, 0.15) is 24.5 Å². The minimum absolute atomic E-state index is 0.0429. The Balaban J connectivity index is 1.60. The van der Waals surface area contributed by atoms with Crippen molar-refractivity contribution in [2.75, 3.05) is 0 Å². The third-order valence-electron chi connectivity index (χ3n) is 5.53. The normalized spacial score (nSPS) is 12.1. The summed E-state index contributed by atoms with van der Waals surface area (Å²) >= 11 is 1.27. The minimum atomic E-state index is -0.512. The minimum Gasteiger partial charge on any atom is -0.352 e. The molecule has 0 unspecified atom stereocenters. The lowest BCUT2D eigenvalue weighted by Gasteiger charge is -2.16. The zero-order valence-corrected chi connectivity index (χ0v) is 18.9. The van der Waals surface area contributed by atoms with Gasteiger partial charge in [0.1, 0.15) is 11.2 Å². The molecule has 0 saturated carbocycles. The maximum atomic E-state index is 13.3. The molecule has 0 aliphatic carbocycles. The molecule has 0 saturated heterocycles. The van der Waals surface area contributed by atoms with Crippen LogP contribution >= 0.6 is 11.3 Å². The van der Waals surface area contributed by atoms with E-state index < -0.39 is 5.69 Å². The van der Waals surface area contributed by atoms with Gasteiger partial charge < -0.3 is 5.32 Å². The van der Waals surface area contributed by atoms with Crippen molar-refractivity contribution in [1.82, 2.24) is 14.5 Å². The van der Waals surface area contributed by atoms with Crippen LogP contribution in [0.15, 0.2) is 75.6 Å². The second-order valence-electron chi connectivity index (χ2n) is 7.92. The van der Waals surface area contributed by atoms with Crippen molar-refractivity contribution in [2.45, 2.75) is 39.3 Å². The smallest absolute Gasteiger partial charge is 0.336 e. The summed E-state index contributed by atoms with van der Waals surface area (Å²) in [5.41, 5.74) is 2.18. The Kier molecular flexibility index (Phi) is 6.37. The van der Waals surface area contributed by atoms with E-state index in [9.17, 15) is 14.4 Å². The number of carbonyl (C=O) groups excluding carboxylic acids is 1. The first-order valence-corrected chi connectivity index (χ1v) is 11.5. The van der Waals surface area contributed by atoms with Gasteiger partial charge in [0.05, 0.1) is 11.2 Å². The third kappa shape index (κ3) is 4.43. The van der Waals surface area contributed by atoms with Crippen molar-refractivity contribution in [1.29, 1.82) is 0 Å². The number of aryl methyl sites for hydroxylation is 2. The van der Waals surface area contributed by atoms with Crippen LogP contribution in [-0.2, 0) is 17.8 Å². The van der Waals surface area contributed by atoms with Gasteiger partial charge in [-0.05, 0) is 55.3 Å². The van der Waals surface area contributed by atoms with Gasteiger partial charge in [0.2, 0.25) is 5.91 Å². The molecule has 0 aliphatic heterocycles. The lowest BCUT2D eigenvalue weighted by atomic mass is 10.1. The molecule has 2 aromatic heterocycles. The molecule has 0 fully saturated rings. The maximum Gasteiger partial charge on any atom is 0.336 e. The van der Waals surface area contributed by atoms with Gasteiger partial charge in [0.25, 0.3) is 5.56 Å².